The molecule has 1 saturated heterocycles. The summed E-state index contributed by atoms with van der Waals surface area (Å²) >= 11 is 0. The van der Waals surface area contributed by atoms with Crippen LogP contribution < -0.4 is 10.6 Å². The summed E-state index contributed by atoms with van der Waals surface area (Å²) in [6.07, 6.45) is 7.25. The monoisotopic (exact) mass is 309 g/mol. The van der Waals surface area contributed by atoms with Crippen LogP contribution in [0, 0.1) is 11.8 Å². The van der Waals surface area contributed by atoms with Gasteiger partial charge in [0, 0.05) is 36.3 Å². The predicted octanol–water partition coefficient (Wildman–Crippen LogP) is 2.44. The standard InChI is InChI=1S/C19H23N3O/c1-22-9-8-13-10-14(4-7-16(13)22)18(23)21-17-12-2-5-15(6-3-12)19(17)11-20-19/h4,7-10,12,15,17,20H,2-3,5-6,11H2,1H3,(H,21,23)/t12?,15?,17?,19-/m0/s1. The predicted molar refractivity (Wildman–Crippen MR) is 90.4 cm³/mol. The highest BCUT2D eigenvalue weighted by Gasteiger charge is 2.61. The molecule has 3 saturated carbocycles. The van der Waals surface area contributed by atoms with Crippen molar-refractivity contribution in [2.75, 3.05) is 6.54 Å². The minimum atomic E-state index is 0.0846. The van der Waals surface area contributed by atoms with Gasteiger partial charge in [-0.25, -0.2) is 0 Å². The van der Waals surface area contributed by atoms with E-state index in [1.165, 1.54) is 31.2 Å². The topological polar surface area (TPSA) is 56.0 Å². The first-order valence-electron chi connectivity index (χ1n) is 8.78. The third-order valence-corrected chi connectivity index (χ3v) is 6.55. The molecule has 4 nitrogen and oxygen atoms in total. The van der Waals surface area contributed by atoms with Crippen molar-refractivity contribution in [1.82, 2.24) is 15.2 Å². The lowest BCUT2D eigenvalue weighted by Gasteiger charge is -2.48. The number of carbonyl (C=O) groups excluding carboxylic acids is 1. The number of hydrogen-bond acceptors (Lipinski definition) is 2. The molecule has 1 aromatic heterocycles. The summed E-state index contributed by atoms with van der Waals surface area (Å²) in [7, 11) is 2.03. The largest absolute Gasteiger partial charge is 0.351 e. The van der Waals surface area contributed by atoms with Crippen LogP contribution in [0.2, 0.25) is 0 Å². The lowest BCUT2D eigenvalue weighted by molar-refractivity contribution is 0.0634. The van der Waals surface area contributed by atoms with Crippen LogP contribution in [-0.2, 0) is 7.05 Å². The van der Waals surface area contributed by atoms with E-state index < -0.39 is 0 Å². The summed E-state index contributed by atoms with van der Waals surface area (Å²) in [4.78, 5) is 12.8. The molecular weight excluding hydrogens is 286 g/mol. The van der Waals surface area contributed by atoms with Gasteiger partial charge in [0.2, 0.25) is 0 Å². The van der Waals surface area contributed by atoms with E-state index in [4.69, 9.17) is 0 Å². The van der Waals surface area contributed by atoms with Crippen molar-refractivity contribution < 1.29 is 4.79 Å². The van der Waals surface area contributed by atoms with E-state index in [2.05, 4.69) is 21.3 Å². The van der Waals surface area contributed by atoms with Gasteiger partial charge in [0.05, 0.1) is 11.6 Å². The fourth-order valence-electron chi connectivity index (χ4n) is 5.15. The van der Waals surface area contributed by atoms with Crippen LogP contribution in [-0.4, -0.2) is 28.6 Å². The SMILES string of the molecule is Cn1ccc2cc(C(=O)NC3C4CCC(CC4)[C@@]34CN4)ccc21. The Kier molecular flexibility index (Phi) is 2.72. The maximum absolute atomic E-state index is 12.8. The van der Waals surface area contributed by atoms with Crippen LogP contribution >= 0.6 is 0 Å². The molecule has 1 spiro atoms. The molecule has 2 heterocycles. The first-order valence-corrected chi connectivity index (χ1v) is 8.78. The molecule has 6 rings (SSSR count). The summed E-state index contributed by atoms with van der Waals surface area (Å²) < 4.78 is 2.08. The molecule has 23 heavy (non-hydrogen) atoms. The van der Waals surface area contributed by atoms with Crippen LogP contribution in [0.4, 0.5) is 0 Å². The molecule has 120 valence electrons. The summed E-state index contributed by atoms with van der Waals surface area (Å²) in [6.45, 7) is 1.08. The Balaban J connectivity index is 1.42. The molecule has 1 aliphatic heterocycles. The van der Waals surface area contributed by atoms with Gasteiger partial charge in [0.1, 0.15) is 0 Å². The van der Waals surface area contributed by atoms with E-state index in [0.29, 0.717) is 12.0 Å². The lowest BCUT2D eigenvalue weighted by atomic mass is 9.61. The Morgan fingerprint density at radius 2 is 2.04 bits per heavy atom. The second-order valence-corrected chi connectivity index (χ2v) is 7.66. The molecule has 4 fully saturated rings. The van der Waals surface area contributed by atoms with Crippen LogP contribution in [0.15, 0.2) is 30.5 Å². The van der Waals surface area contributed by atoms with Crippen LogP contribution in [0.5, 0.6) is 0 Å². The van der Waals surface area contributed by atoms with Crippen molar-refractivity contribution in [3.05, 3.63) is 36.0 Å². The van der Waals surface area contributed by atoms with Gasteiger partial charge in [0.25, 0.3) is 5.91 Å². The van der Waals surface area contributed by atoms with Gasteiger partial charge < -0.3 is 15.2 Å². The van der Waals surface area contributed by atoms with Gasteiger partial charge in [-0.3, -0.25) is 4.79 Å². The highest BCUT2D eigenvalue weighted by Crippen LogP contribution is 2.51. The van der Waals surface area contributed by atoms with E-state index in [9.17, 15) is 4.79 Å². The maximum Gasteiger partial charge on any atom is 0.251 e. The summed E-state index contributed by atoms with van der Waals surface area (Å²) in [6, 6.07) is 8.39. The maximum atomic E-state index is 12.8. The van der Waals surface area contributed by atoms with Crippen LogP contribution in [0.25, 0.3) is 10.9 Å². The van der Waals surface area contributed by atoms with E-state index in [1.807, 2.05) is 31.4 Å². The Morgan fingerprint density at radius 1 is 1.26 bits per heavy atom. The van der Waals surface area contributed by atoms with Crippen molar-refractivity contribution in [3.8, 4) is 0 Å². The third-order valence-electron chi connectivity index (χ3n) is 6.55. The normalized spacial score (nSPS) is 34.9. The Hall–Kier alpha value is -1.81. The lowest BCUT2D eigenvalue weighted by Crippen LogP contribution is -2.60. The number of hydrogen-bond donors (Lipinski definition) is 2. The zero-order valence-electron chi connectivity index (χ0n) is 13.5. The first-order chi connectivity index (χ1) is 11.2. The number of amides is 1. The zero-order valence-corrected chi connectivity index (χ0v) is 13.5. The van der Waals surface area contributed by atoms with Crippen molar-refractivity contribution in [2.24, 2.45) is 18.9 Å². The molecule has 2 N–H and O–H groups in total. The first kappa shape index (κ1) is 13.6. The van der Waals surface area contributed by atoms with Crippen LogP contribution in [0.1, 0.15) is 36.0 Å². The average molecular weight is 309 g/mol. The van der Waals surface area contributed by atoms with E-state index >= 15 is 0 Å². The average Bonchev–Trinajstić information content (AvgIpc) is 3.28. The molecule has 3 aliphatic carbocycles. The fourth-order valence-corrected chi connectivity index (χ4v) is 5.15. The van der Waals surface area contributed by atoms with Gasteiger partial charge in [-0.15, -0.1) is 0 Å². The fraction of sp³-hybridized carbons (Fsp3) is 0.526. The molecule has 2 atom stereocenters. The molecule has 4 aliphatic rings. The Labute approximate surface area is 136 Å². The third kappa shape index (κ3) is 1.91. The highest BCUT2D eigenvalue weighted by atomic mass is 16.1. The Morgan fingerprint density at radius 3 is 2.78 bits per heavy atom. The molecule has 0 radical (unpaired) electrons. The minimum absolute atomic E-state index is 0.0846. The molecule has 1 aromatic carbocycles. The number of aryl methyl sites for hydroxylation is 1. The smallest absolute Gasteiger partial charge is 0.251 e. The van der Waals surface area contributed by atoms with Crippen molar-refractivity contribution >= 4 is 16.8 Å². The molecule has 1 amide bonds. The molecule has 2 aromatic rings. The van der Waals surface area contributed by atoms with E-state index in [0.717, 1.165) is 23.4 Å². The number of nitrogens with one attached hydrogen (secondary N) is 2. The van der Waals surface area contributed by atoms with Gasteiger partial charge >= 0.3 is 0 Å². The highest BCUT2D eigenvalue weighted by molar-refractivity contribution is 5.98. The molecule has 4 heteroatoms. The van der Waals surface area contributed by atoms with Gasteiger partial charge in [-0.2, -0.15) is 0 Å². The summed E-state index contributed by atoms with van der Waals surface area (Å²) in [5.74, 6) is 1.50. The number of aromatic nitrogens is 1. The van der Waals surface area contributed by atoms with Crippen molar-refractivity contribution in [2.45, 2.75) is 37.3 Å². The summed E-state index contributed by atoms with van der Waals surface area (Å²) in [5.41, 5.74) is 2.16. The van der Waals surface area contributed by atoms with Gasteiger partial charge in [-0.05, 0) is 61.8 Å². The summed E-state index contributed by atoms with van der Waals surface area (Å²) in [5, 5.41) is 8.11. The zero-order chi connectivity index (χ0) is 15.6. The van der Waals surface area contributed by atoms with Crippen molar-refractivity contribution in [1.29, 1.82) is 0 Å². The number of benzene rings is 1. The Bertz CT molecular complexity index is 781. The minimum Gasteiger partial charge on any atom is -0.351 e. The van der Waals surface area contributed by atoms with E-state index in [-0.39, 0.29) is 11.4 Å². The number of rotatable bonds is 2. The van der Waals surface area contributed by atoms with Gasteiger partial charge in [0.15, 0.2) is 0 Å². The molecule has 2 bridgehead atoms. The molecular formula is C19H23N3O. The van der Waals surface area contributed by atoms with Crippen LogP contribution in [0.3, 0.4) is 0 Å². The molecule has 1 unspecified atom stereocenters. The number of nitrogens with zero attached hydrogens (tertiary/aromatic N) is 1. The quantitative estimate of drug-likeness (QED) is 0.837. The second-order valence-electron chi connectivity index (χ2n) is 7.66. The number of fused-ring (bicyclic) bond motifs is 3. The van der Waals surface area contributed by atoms with Crippen molar-refractivity contribution in [3.63, 3.8) is 0 Å². The number of carbonyl (C=O) groups is 1. The van der Waals surface area contributed by atoms with E-state index in [1.54, 1.807) is 0 Å². The van der Waals surface area contributed by atoms with Gasteiger partial charge in [-0.1, -0.05) is 0 Å². The second kappa shape index (κ2) is 4.60.